The number of aromatic nitrogens is 2. The highest BCUT2D eigenvalue weighted by atomic mass is 16.7. The molecule has 0 spiro atoms. The van der Waals surface area contributed by atoms with Crippen LogP contribution in [0.4, 0.5) is 0 Å². The lowest BCUT2D eigenvalue weighted by atomic mass is 10.1. The molecule has 6 nitrogen and oxygen atoms in total. The Hall–Kier alpha value is -2.05. The highest BCUT2D eigenvalue weighted by Gasteiger charge is 2.25. The highest BCUT2D eigenvalue weighted by Crippen LogP contribution is 2.33. The van der Waals surface area contributed by atoms with E-state index in [1.165, 1.54) is 24.1 Å². The van der Waals surface area contributed by atoms with E-state index in [1.54, 1.807) is 0 Å². The van der Waals surface area contributed by atoms with Gasteiger partial charge in [0, 0.05) is 44.9 Å². The van der Waals surface area contributed by atoms with Crippen LogP contribution in [-0.2, 0) is 24.4 Å². The Labute approximate surface area is 153 Å². The third kappa shape index (κ3) is 3.57. The first-order valence-corrected chi connectivity index (χ1v) is 9.51. The molecule has 26 heavy (non-hydrogen) atoms. The average Bonchev–Trinajstić information content (AvgIpc) is 3.22. The van der Waals surface area contributed by atoms with Gasteiger partial charge in [-0.3, -0.25) is 4.90 Å². The summed E-state index contributed by atoms with van der Waals surface area (Å²) in [5.41, 5.74) is 2.52. The molecule has 0 bridgehead atoms. The predicted octanol–water partition coefficient (Wildman–Crippen LogP) is 2.67. The van der Waals surface area contributed by atoms with Crippen molar-refractivity contribution in [3.8, 4) is 11.5 Å². The van der Waals surface area contributed by atoms with Crippen LogP contribution in [-0.4, -0.2) is 41.0 Å². The zero-order valence-electron chi connectivity index (χ0n) is 15.0. The summed E-state index contributed by atoms with van der Waals surface area (Å²) >= 11 is 0. The summed E-state index contributed by atoms with van der Waals surface area (Å²) in [5.74, 6) is 2.99. The van der Waals surface area contributed by atoms with E-state index in [2.05, 4.69) is 26.6 Å². The number of hydrogen-bond acceptors (Lipinski definition) is 5. The van der Waals surface area contributed by atoms with Crippen molar-refractivity contribution >= 4 is 0 Å². The van der Waals surface area contributed by atoms with Gasteiger partial charge in [0.15, 0.2) is 11.5 Å². The molecule has 3 heterocycles. The van der Waals surface area contributed by atoms with Crippen molar-refractivity contribution in [3.05, 3.63) is 42.0 Å². The molecule has 3 aliphatic rings. The summed E-state index contributed by atoms with van der Waals surface area (Å²) in [4.78, 5) is 6.84. The molecule has 0 amide bonds. The number of ether oxygens (including phenoxy) is 3. The first-order chi connectivity index (χ1) is 12.8. The van der Waals surface area contributed by atoms with Crippen LogP contribution in [0.1, 0.15) is 24.1 Å². The van der Waals surface area contributed by atoms with E-state index in [1.807, 2.05) is 18.6 Å². The minimum absolute atomic E-state index is 0.322. The van der Waals surface area contributed by atoms with Crippen LogP contribution >= 0.6 is 0 Å². The largest absolute Gasteiger partial charge is 0.454 e. The topological polar surface area (TPSA) is 48.8 Å². The van der Waals surface area contributed by atoms with Gasteiger partial charge in [0.1, 0.15) is 0 Å². The zero-order valence-corrected chi connectivity index (χ0v) is 15.0. The van der Waals surface area contributed by atoms with Gasteiger partial charge in [0.25, 0.3) is 0 Å². The molecule has 1 unspecified atom stereocenters. The van der Waals surface area contributed by atoms with E-state index in [9.17, 15) is 0 Å². The van der Waals surface area contributed by atoms with E-state index in [4.69, 9.17) is 14.2 Å². The smallest absolute Gasteiger partial charge is 0.231 e. The molecule has 0 N–H and O–H groups in total. The van der Waals surface area contributed by atoms with Crippen molar-refractivity contribution in [2.75, 3.05) is 26.6 Å². The molecule has 1 aromatic heterocycles. The summed E-state index contributed by atoms with van der Waals surface area (Å²) in [5, 5.41) is 0. The number of rotatable bonds is 6. The average molecular weight is 355 g/mol. The van der Waals surface area contributed by atoms with Gasteiger partial charge in [-0.25, -0.2) is 4.98 Å². The van der Waals surface area contributed by atoms with Crippen LogP contribution < -0.4 is 9.47 Å². The molecule has 2 aromatic rings. The maximum atomic E-state index is 6.01. The van der Waals surface area contributed by atoms with Gasteiger partial charge in [-0.05, 0) is 36.5 Å². The second-order valence-electron chi connectivity index (χ2n) is 7.74. The Bertz CT molecular complexity index is 771. The summed E-state index contributed by atoms with van der Waals surface area (Å²) in [6.07, 6.45) is 6.62. The lowest BCUT2D eigenvalue weighted by Crippen LogP contribution is -2.30. The van der Waals surface area contributed by atoms with Crippen LogP contribution in [0.15, 0.2) is 30.7 Å². The molecule has 5 rings (SSSR count). The van der Waals surface area contributed by atoms with Gasteiger partial charge in [0.2, 0.25) is 6.79 Å². The summed E-state index contributed by atoms with van der Waals surface area (Å²) in [6.45, 7) is 5.89. The van der Waals surface area contributed by atoms with Crippen LogP contribution in [0.5, 0.6) is 11.5 Å². The third-order valence-electron chi connectivity index (χ3n) is 5.40. The third-order valence-corrected chi connectivity index (χ3v) is 5.40. The van der Waals surface area contributed by atoms with Crippen LogP contribution in [0, 0.1) is 11.8 Å². The van der Waals surface area contributed by atoms with E-state index >= 15 is 0 Å². The first-order valence-electron chi connectivity index (χ1n) is 9.51. The molecular weight excluding hydrogens is 330 g/mol. The molecule has 1 aromatic carbocycles. The zero-order chi connectivity index (χ0) is 17.3. The molecule has 6 heteroatoms. The molecular formula is C20H25N3O3. The molecule has 2 aliphatic heterocycles. The summed E-state index contributed by atoms with van der Waals surface area (Å²) in [7, 11) is 0. The van der Waals surface area contributed by atoms with E-state index in [0.717, 1.165) is 56.8 Å². The van der Waals surface area contributed by atoms with E-state index < -0.39 is 0 Å². The van der Waals surface area contributed by atoms with Gasteiger partial charge >= 0.3 is 0 Å². The Kier molecular flexibility index (Phi) is 4.30. The fourth-order valence-corrected chi connectivity index (χ4v) is 3.85. The quantitative estimate of drug-likeness (QED) is 0.797. The normalized spacial score (nSPS) is 22.2. The fraction of sp³-hybridized carbons (Fsp3) is 0.550. The van der Waals surface area contributed by atoms with Crippen molar-refractivity contribution in [2.45, 2.75) is 32.5 Å². The van der Waals surface area contributed by atoms with Crippen molar-refractivity contribution in [1.29, 1.82) is 0 Å². The van der Waals surface area contributed by atoms with E-state index in [-0.39, 0.29) is 0 Å². The van der Waals surface area contributed by atoms with Crippen molar-refractivity contribution < 1.29 is 14.2 Å². The molecule has 0 radical (unpaired) electrons. The molecule has 1 aliphatic carbocycles. The molecule has 0 saturated heterocycles. The predicted molar refractivity (Wildman–Crippen MR) is 95.9 cm³/mol. The van der Waals surface area contributed by atoms with Crippen LogP contribution in [0.2, 0.25) is 0 Å². The number of imidazole rings is 1. The van der Waals surface area contributed by atoms with Gasteiger partial charge in [0.05, 0.1) is 18.6 Å². The Balaban J connectivity index is 1.28. The van der Waals surface area contributed by atoms with Gasteiger partial charge in [-0.2, -0.15) is 0 Å². The number of benzene rings is 1. The molecule has 138 valence electrons. The Morgan fingerprint density at radius 2 is 1.96 bits per heavy atom. The second-order valence-corrected chi connectivity index (χ2v) is 7.74. The number of hydrogen-bond donors (Lipinski definition) is 0. The van der Waals surface area contributed by atoms with Gasteiger partial charge < -0.3 is 18.8 Å². The maximum Gasteiger partial charge on any atom is 0.231 e. The minimum Gasteiger partial charge on any atom is -0.454 e. The number of fused-ring (bicyclic) bond motifs is 2. The number of nitrogens with zero attached hydrogens (tertiary/aromatic N) is 3. The highest BCUT2D eigenvalue weighted by molar-refractivity contribution is 5.44. The molecule has 1 atom stereocenters. The second kappa shape index (κ2) is 6.93. The van der Waals surface area contributed by atoms with Crippen molar-refractivity contribution in [3.63, 3.8) is 0 Å². The van der Waals surface area contributed by atoms with Gasteiger partial charge in [-0.1, -0.05) is 6.07 Å². The first kappa shape index (κ1) is 16.1. The van der Waals surface area contributed by atoms with Crippen LogP contribution in [0.25, 0.3) is 0 Å². The standard InChI is InChI=1S/C20H25N3O3/c1-2-15(1)11-24-12-17-8-22(10-18-6-21-13-23(18)9-17)7-16-3-4-19-20(5-16)26-14-25-19/h3-6,13,15,17H,1-2,7-12,14H2. The Morgan fingerprint density at radius 3 is 2.88 bits per heavy atom. The van der Waals surface area contributed by atoms with Crippen LogP contribution in [0.3, 0.4) is 0 Å². The lowest BCUT2D eigenvalue weighted by molar-refractivity contribution is 0.0705. The van der Waals surface area contributed by atoms with E-state index in [0.29, 0.717) is 12.7 Å². The minimum atomic E-state index is 0.322. The van der Waals surface area contributed by atoms with Crippen molar-refractivity contribution in [1.82, 2.24) is 14.5 Å². The van der Waals surface area contributed by atoms with Gasteiger partial charge in [-0.15, -0.1) is 0 Å². The lowest BCUT2D eigenvalue weighted by Gasteiger charge is -2.24. The molecule has 1 fully saturated rings. The summed E-state index contributed by atoms with van der Waals surface area (Å²) < 4.78 is 19.2. The summed E-state index contributed by atoms with van der Waals surface area (Å²) in [6, 6.07) is 6.24. The fourth-order valence-electron chi connectivity index (χ4n) is 3.85. The molecule has 1 saturated carbocycles. The SMILES string of the molecule is c1cc2c(cc1CN1Cc3cncn3CC(COCC3CC3)C1)OCO2. The maximum absolute atomic E-state index is 6.01. The van der Waals surface area contributed by atoms with Crippen molar-refractivity contribution in [2.24, 2.45) is 11.8 Å². The monoisotopic (exact) mass is 355 g/mol. The Morgan fingerprint density at radius 1 is 1.08 bits per heavy atom.